The van der Waals surface area contributed by atoms with E-state index in [0.29, 0.717) is 12.0 Å². The molecule has 0 fully saturated rings. The van der Waals surface area contributed by atoms with Crippen molar-refractivity contribution >= 4 is 0 Å². The molecule has 3 heteroatoms. The molecule has 16 heavy (non-hydrogen) atoms. The number of ether oxygens (including phenoxy) is 1. The summed E-state index contributed by atoms with van der Waals surface area (Å²) in [6.45, 7) is 4.46. The summed E-state index contributed by atoms with van der Waals surface area (Å²) in [5, 5.41) is 3.39. The maximum atomic E-state index is 5.36. The van der Waals surface area contributed by atoms with Crippen molar-refractivity contribution in [2.45, 2.75) is 32.7 Å². The number of hydrogen-bond donors (Lipinski definition) is 1. The van der Waals surface area contributed by atoms with Gasteiger partial charge in [0.15, 0.2) is 0 Å². The third-order valence-corrected chi connectivity index (χ3v) is 3.20. The van der Waals surface area contributed by atoms with Crippen molar-refractivity contribution < 1.29 is 4.74 Å². The average molecular weight is 222 g/mol. The molecule has 1 heterocycles. The van der Waals surface area contributed by atoms with Crippen LogP contribution in [0.1, 0.15) is 38.3 Å². The molecule has 0 aliphatic rings. The summed E-state index contributed by atoms with van der Waals surface area (Å²) in [6, 6.07) is 2.38. The van der Waals surface area contributed by atoms with E-state index in [1.165, 1.54) is 5.56 Å². The van der Waals surface area contributed by atoms with E-state index < -0.39 is 0 Å². The molecule has 1 aromatic rings. The van der Waals surface area contributed by atoms with Gasteiger partial charge < -0.3 is 10.1 Å². The molecule has 1 rings (SSSR count). The second-order valence-electron chi connectivity index (χ2n) is 3.96. The smallest absolute Gasteiger partial charge is 0.141 e. The van der Waals surface area contributed by atoms with Crippen LogP contribution in [-0.4, -0.2) is 19.1 Å². The Morgan fingerprint density at radius 1 is 1.38 bits per heavy atom. The number of pyridine rings is 1. The van der Waals surface area contributed by atoms with Crippen molar-refractivity contribution in [3.05, 3.63) is 24.0 Å². The largest absolute Gasteiger partial charge is 0.495 e. The summed E-state index contributed by atoms with van der Waals surface area (Å²) in [4.78, 5) is 4.09. The third-order valence-electron chi connectivity index (χ3n) is 3.20. The molecule has 0 aliphatic heterocycles. The van der Waals surface area contributed by atoms with Crippen molar-refractivity contribution in [2.24, 2.45) is 5.92 Å². The van der Waals surface area contributed by atoms with Gasteiger partial charge in [-0.2, -0.15) is 0 Å². The van der Waals surface area contributed by atoms with Crippen LogP contribution in [0.5, 0.6) is 5.75 Å². The Morgan fingerprint density at radius 2 is 2.06 bits per heavy atom. The van der Waals surface area contributed by atoms with Crippen LogP contribution in [0.4, 0.5) is 0 Å². The molecule has 0 bridgehead atoms. The Kier molecular flexibility index (Phi) is 5.26. The molecule has 0 spiro atoms. The predicted octanol–water partition coefficient (Wildman–Crippen LogP) is 2.79. The van der Waals surface area contributed by atoms with Crippen LogP contribution in [-0.2, 0) is 0 Å². The maximum absolute atomic E-state index is 5.36. The molecule has 0 aliphatic carbocycles. The van der Waals surface area contributed by atoms with Crippen LogP contribution < -0.4 is 10.1 Å². The van der Waals surface area contributed by atoms with E-state index >= 15 is 0 Å². The summed E-state index contributed by atoms with van der Waals surface area (Å²) in [6.07, 6.45) is 5.92. The molecule has 1 unspecified atom stereocenters. The SMILES string of the molecule is CCC(CC)C(NC)c1ccncc1OC. The number of nitrogens with zero attached hydrogens (tertiary/aromatic N) is 1. The molecular formula is C13H22N2O. The van der Waals surface area contributed by atoms with Crippen LogP contribution in [0.3, 0.4) is 0 Å². The van der Waals surface area contributed by atoms with Gasteiger partial charge in [0.05, 0.1) is 13.3 Å². The van der Waals surface area contributed by atoms with Crippen LogP contribution >= 0.6 is 0 Å². The van der Waals surface area contributed by atoms with Crippen LogP contribution in [0, 0.1) is 5.92 Å². The molecule has 0 amide bonds. The third kappa shape index (κ3) is 2.73. The van der Waals surface area contributed by atoms with Crippen molar-refractivity contribution in [3.63, 3.8) is 0 Å². The highest BCUT2D eigenvalue weighted by Gasteiger charge is 2.21. The Hall–Kier alpha value is -1.09. The molecule has 0 aromatic carbocycles. The molecule has 0 radical (unpaired) electrons. The van der Waals surface area contributed by atoms with Crippen LogP contribution in [0.25, 0.3) is 0 Å². The minimum Gasteiger partial charge on any atom is -0.495 e. The second kappa shape index (κ2) is 6.48. The van der Waals surface area contributed by atoms with Gasteiger partial charge in [-0.15, -0.1) is 0 Å². The lowest BCUT2D eigenvalue weighted by atomic mass is 9.89. The van der Waals surface area contributed by atoms with Crippen LogP contribution in [0.2, 0.25) is 0 Å². The summed E-state index contributed by atoms with van der Waals surface area (Å²) in [5.41, 5.74) is 1.20. The van der Waals surface area contributed by atoms with Gasteiger partial charge in [-0.1, -0.05) is 26.7 Å². The Morgan fingerprint density at radius 3 is 2.56 bits per heavy atom. The first-order valence-corrected chi connectivity index (χ1v) is 5.93. The number of hydrogen-bond acceptors (Lipinski definition) is 3. The number of nitrogens with one attached hydrogen (secondary N) is 1. The normalized spacial score (nSPS) is 12.8. The fourth-order valence-electron chi connectivity index (χ4n) is 2.22. The van der Waals surface area contributed by atoms with E-state index in [-0.39, 0.29) is 0 Å². The lowest BCUT2D eigenvalue weighted by Gasteiger charge is -2.26. The number of methoxy groups -OCH3 is 1. The first-order valence-electron chi connectivity index (χ1n) is 5.93. The Bertz CT molecular complexity index is 311. The van der Waals surface area contributed by atoms with Gasteiger partial charge in [0, 0.05) is 17.8 Å². The highest BCUT2D eigenvalue weighted by molar-refractivity contribution is 5.33. The quantitative estimate of drug-likeness (QED) is 0.803. The number of aromatic nitrogens is 1. The van der Waals surface area contributed by atoms with Gasteiger partial charge in [0.25, 0.3) is 0 Å². The van der Waals surface area contributed by atoms with E-state index in [9.17, 15) is 0 Å². The first-order chi connectivity index (χ1) is 7.78. The molecular weight excluding hydrogens is 200 g/mol. The zero-order chi connectivity index (χ0) is 12.0. The highest BCUT2D eigenvalue weighted by atomic mass is 16.5. The van der Waals surface area contributed by atoms with Gasteiger partial charge in [-0.3, -0.25) is 4.98 Å². The first kappa shape index (κ1) is 13.0. The zero-order valence-electron chi connectivity index (χ0n) is 10.7. The van der Waals surface area contributed by atoms with Crippen molar-refractivity contribution in [1.29, 1.82) is 0 Å². The van der Waals surface area contributed by atoms with Gasteiger partial charge in [-0.05, 0) is 19.0 Å². The lowest BCUT2D eigenvalue weighted by Crippen LogP contribution is -2.25. The maximum Gasteiger partial charge on any atom is 0.141 e. The minimum atomic E-state index is 0.341. The van der Waals surface area contributed by atoms with Gasteiger partial charge in [-0.25, -0.2) is 0 Å². The van der Waals surface area contributed by atoms with Gasteiger partial charge >= 0.3 is 0 Å². The van der Waals surface area contributed by atoms with E-state index in [1.807, 2.05) is 19.3 Å². The monoisotopic (exact) mass is 222 g/mol. The lowest BCUT2D eigenvalue weighted by molar-refractivity contribution is 0.339. The average Bonchev–Trinajstić information content (AvgIpc) is 2.35. The molecule has 1 N–H and O–H groups in total. The molecule has 3 nitrogen and oxygen atoms in total. The predicted molar refractivity (Wildman–Crippen MR) is 66.7 cm³/mol. The van der Waals surface area contributed by atoms with Crippen molar-refractivity contribution in [2.75, 3.05) is 14.2 Å². The summed E-state index contributed by atoms with van der Waals surface area (Å²) in [5.74, 6) is 1.50. The van der Waals surface area contributed by atoms with Gasteiger partial charge in [0.2, 0.25) is 0 Å². The fourth-order valence-corrected chi connectivity index (χ4v) is 2.22. The topological polar surface area (TPSA) is 34.2 Å². The minimum absolute atomic E-state index is 0.341. The van der Waals surface area contributed by atoms with Crippen molar-refractivity contribution in [3.8, 4) is 5.75 Å². The van der Waals surface area contributed by atoms with E-state index in [1.54, 1.807) is 13.3 Å². The van der Waals surface area contributed by atoms with Crippen molar-refractivity contribution in [1.82, 2.24) is 10.3 Å². The molecule has 0 saturated carbocycles. The summed E-state index contributed by atoms with van der Waals surface area (Å²) >= 11 is 0. The molecule has 1 aromatic heterocycles. The summed E-state index contributed by atoms with van der Waals surface area (Å²) < 4.78 is 5.36. The summed E-state index contributed by atoms with van der Waals surface area (Å²) in [7, 11) is 3.70. The standard InChI is InChI=1S/C13H22N2O/c1-5-10(6-2)13(14-3)11-7-8-15-9-12(11)16-4/h7-10,13-14H,5-6H2,1-4H3. The highest BCUT2D eigenvalue weighted by Crippen LogP contribution is 2.32. The van der Waals surface area contributed by atoms with E-state index in [4.69, 9.17) is 4.74 Å². The second-order valence-corrected chi connectivity index (χ2v) is 3.96. The Labute approximate surface area is 98.2 Å². The van der Waals surface area contributed by atoms with Gasteiger partial charge in [0.1, 0.15) is 5.75 Å². The Balaban J connectivity index is 3.02. The molecule has 90 valence electrons. The van der Waals surface area contributed by atoms with E-state index in [2.05, 4.69) is 24.1 Å². The molecule has 0 saturated heterocycles. The van der Waals surface area contributed by atoms with Crippen LogP contribution in [0.15, 0.2) is 18.5 Å². The fraction of sp³-hybridized carbons (Fsp3) is 0.615. The number of rotatable bonds is 6. The zero-order valence-corrected chi connectivity index (χ0v) is 10.7. The van der Waals surface area contributed by atoms with E-state index in [0.717, 1.165) is 18.6 Å². The molecule has 1 atom stereocenters.